The number of nitrogens with zero attached hydrogens (tertiary/aromatic N) is 3. The maximum absolute atomic E-state index is 11.5. The van der Waals surface area contributed by atoms with Crippen LogP contribution in [0.1, 0.15) is 59.7 Å². The van der Waals surface area contributed by atoms with Gasteiger partial charge in [-0.3, -0.25) is 9.78 Å². The number of aryl methyl sites for hydroxylation is 3. The van der Waals surface area contributed by atoms with Crippen LogP contribution in [-0.4, -0.2) is 20.6 Å². The normalized spacial score (nSPS) is 17.0. The Morgan fingerprint density at radius 2 is 1.82 bits per heavy atom. The van der Waals surface area contributed by atoms with E-state index in [1.165, 1.54) is 40.7 Å². The molecule has 0 unspecified atom stereocenters. The van der Waals surface area contributed by atoms with Crippen LogP contribution in [0.5, 0.6) is 0 Å². The molecule has 6 nitrogen and oxygen atoms in total. The molecule has 0 aliphatic carbocycles. The number of hydrogen-bond donors (Lipinski definition) is 2. The molecule has 2 atom stereocenters. The molecule has 1 aliphatic heterocycles. The molecule has 2 aromatic heterocycles. The van der Waals surface area contributed by atoms with Crippen molar-refractivity contribution in [3.05, 3.63) is 107 Å². The van der Waals surface area contributed by atoms with Crippen LogP contribution in [0.25, 0.3) is 5.69 Å². The van der Waals surface area contributed by atoms with E-state index in [1.54, 1.807) is 0 Å². The summed E-state index contributed by atoms with van der Waals surface area (Å²) in [5, 5.41) is 7.05. The number of para-hydroxylation sites is 1. The van der Waals surface area contributed by atoms with E-state index in [-0.39, 0.29) is 18.0 Å². The van der Waals surface area contributed by atoms with Crippen molar-refractivity contribution in [1.82, 2.24) is 14.9 Å². The molecule has 38 heavy (non-hydrogen) atoms. The minimum Gasteiger partial charge on any atom is -0.351 e. The Kier molecular flexibility index (Phi) is 7.04. The van der Waals surface area contributed by atoms with Crippen LogP contribution >= 0.6 is 12.2 Å². The van der Waals surface area contributed by atoms with E-state index < -0.39 is 0 Å². The first kappa shape index (κ1) is 25.7. The number of nitrogens with one attached hydrogen (secondary N) is 2. The van der Waals surface area contributed by atoms with Gasteiger partial charge >= 0.3 is 0 Å². The first-order valence-corrected chi connectivity index (χ1v) is 13.4. The SMILES string of the molecule is CCc1cccc(C)c1-n1c(C)cc([C@H]2[C@@H](c3ccccn3)NC(=S)N2c2ccc(NC(C)=O)cc2)c1C. The van der Waals surface area contributed by atoms with Crippen LogP contribution < -0.4 is 15.5 Å². The minimum absolute atomic E-state index is 0.0979. The second-order valence-electron chi connectivity index (χ2n) is 9.82. The fourth-order valence-corrected chi connectivity index (χ4v) is 5.96. The highest BCUT2D eigenvalue weighted by Gasteiger charge is 2.42. The van der Waals surface area contributed by atoms with Crippen molar-refractivity contribution in [1.29, 1.82) is 0 Å². The van der Waals surface area contributed by atoms with Crippen molar-refractivity contribution in [2.24, 2.45) is 0 Å². The molecule has 0 bridgehead atoms. The molecule has 1 saturated heterocycles. The third-order valence-corrected chi connectivity index (χ3v) is 7.59. The molecular weight excluding hydrogens is 490 g/mol. The number of hydrogen-bond acceptors (Lipinski definition) is 3. The van der Waals surface area contributed by atoms with Crippen molar-refractivity contribution in [3.8, 4) is 5.69 Å². The molecule has 1 fully saturated rings. The van der Waals surface area contributed by atoms with E-state index in [9.17, 15) is 4.79 Å². The third-order valence-electron chi connectivity index (χ3n) is 7.28. The Balaban J connectivity index is 1.66. The van der Waals surface area contributed by atoms with Crippen LogP contribution in [0.2, 0.25) is 0 Å². The fourth-order valence-electron chi connectivity index (χ4n) is 5.61. The van der Waals surface area contributed by atoms with Gasteiger partial charge in [-0.2, -0.15) is 0 Å². The van der Waals surface area contributed by atoms with Gasteiger partial charge in [-0.05, 0) is 98.6 Å². The summed E-state index contributed by atoms with van der Waals surface area (Å²) in [6.45, 7) is 10.3. The van der Waals surface area contributed by atoms with Crippen molar-refractivity contribution >= 4 is 34.6 Å². The Morgan fingerprint density at radius 3 is 2.47 bits per heavy atom. The monoisotopic (exact) mass is 523 g/mol. The molecule has 194 valence electrons. The predicted octanol–water partition coefficient (Wildman–Crippen LogP) is 6.50. The third kappa shape index (κ3) is 4.58. The van der Waals surface area contributed by atoms with Crippen LogP contribution in [0.3, 0.4) is 0 Å². The van der Waals surface area contributed by atoms with Crippen LogP contribution in [0.15, 0.2) is 72.9 Å². The summed E-state index contributed by atoms with van der Waals surface area (Å²) >= 11 is 5.93. The van der Waals surface area contributed by atoms with Crippen molar-refractivity contribution in [2.75, 3.05) is 10.2 Å². The minimum atomic E-state index is -0.129. The molecule has 0 radical (unpaired) electrons. The highest BCUT2D eigenvalue weighted by Crippen LogP contribution is 2.44. The number of aromatic nitrogens is 2. The number of amides is 1. The maximum atomic E-state index is 11.5. The van der Waals surface area contributed by atoms with Gasteiger partial charge in [-0.1, -0.05) is 31.2 Å². The van der Waals surface area contributed by atoms with Gasteiger partial charge in [0.25, 0.3) is 0 Å². The quantitative estimate of drug-likeness (QED) is 0.283. The summed E-state index contributed by atoms with van der Waals surface area (Å²) < 4.78 is 2.39. The number of carbonyl (C=O) groups excluding carboxylic acids is 1. The lowest BCUT2D eigenvalue weighted by atomic mass is 9.96. The molecular formula is C31H33N5OS. The molecule has 0 spiro atoms. The largest absolute Gasteiger partial charge is 0.351 e. The predicted molar refractivity (Wildman–Crippen MR) is 158 cm³/mol. The summed E-state index contributed by atoms with van der Waals surface area (Å²) in [6, 6.07) is 22.4. The Labute approximate surface area is 229 Å². The first-order chi connectivity index (χ1) is 18.3. The van der Waals surface area contributed by atoms with E-state index in [2.05, 4.69) is 72.1 Å². The summed E-state index contributed by atoms with van der Waals surface area (Å²) in [5.41, 5.74) is 10.0. The summed E-state index contributed by atoms with van der Waals surface area (Å²) in [7, 11) is 0. The zero-order valence-corrected chi connectivity index (χ0v) is 23.3. The van der Waals surface area contributed by atoms with Gasteiger partial charge in [0.05, 0.1) is 23.5 Å². The van der Waals surface area contributed by atoms with Crippen LogP contribution in [0, 0.1) is 20.8 Å². The van der Waals surface area contributed by atoms with Gasteiger partial charge < -0.3 is 20.1 Å². The average molecular weight is 524 g/mol. The average Bonchev–Trinajstić information content (AvgIpc) is 3.39. The van der Waals surface area contributed by atoms with E-state index in [4.69, 9.17) is 17.2 Å². The summed E-state index contributed by atoms with van der Waals surface area (Å²) in [4.78, 5) is 18.4. The summed E-state index contributed by atoms with van der Waals surface area (Å²) in [6.07, 6.45) is 2.79. The number of rotatable bonds is 6. The number of thiocarbonyl (C=S) groups is 1. The molecule has 1 aliphatic rings. The first-order valence-electron chi connectivity index (χ1n) is 13.0. The zero-order chi connectivity index (χ0) is 27.0. The topological polar surface area (TPSA) is 62.2 Å². The molecule has 2 aromatic carbocycles. The molecule has 3 heterocycles. The van der Waals surface area contributed by atoms with Crippen LogP contribution in [0.4, 0.5) is 11.4 Å². The lowest BCUT2D eigenvalue weighted by Crippen LogP contribution is -2.29. The Bertz CT molecular complexity index is 1490. The zero-order valence-electron chi connectivity index (χ0n) is 22.4. The number of benzene rings is 2. The molecule has 1 amide bonds. The standard InChI is InChI=1S/C31H33N5OS/c1-6-23-11-9-10-19(2)29(23)35-20(3)18-26(21(35)4)30-28(27-12-7-8-17-32-27)34-31(38)36(30)25-15-13-24(14-16-25)33-22(5)37/h7-18,28,30H,6H2,1-5H3,(H,33,37)(H,34,38)/t28-,30+/m1/s1. The van der Waals surface area contributed by atoms with Gasteiger partial charge in [0.1, 0.15) is 0 Å². The number of carbonyl (C=O) groups is 1. The van der Waals surface area contributed by atoms with Gasteiger partial charge in [0.2, 0.25) is 5.91 Å². The second kappa shape index (κ2) is 10.4. The summed E-state index contributed by atoms with van der Waals surface area (Å²) in [5.74, 6) is -0.0979. The fraction of sp³-hybridized carbons (Fsp3) is 0.258. The molecule has 4 aromatic rings. The molecule has 7 heteroatoms. The Hall–Kier alpha value is -3.97. The van der Waals surface area contributed by atoms with Gasteiger partial charge in [-0.15, -0.1) is 0 Å². The number of anilines is 2. The smallest absolute Gasteiger partial charge is 0.221 e. The maximum Gasteiger partial charge on any atom is 0.221 e. The van der Waals surface area contributed by atoms with Gasteiger partial charge in [0.15, 0.2) is 5.11 Å². The van der Waals surface area contributed by atoms with E-state index in [1.807, 2.05) is 48.7 Å². The highest BCUT2D eigenvalue weighted by molar-refractivity contribution is 7.80. The molecule has 2 N–H and O–H groups in total. The number of pyridine rings is 1. The molecule has 0 saturated carbocycles. The van der Waals surface area contributed by atoms with E-state index in [0.717, 1.165) is 23.5 Å². The lowest BCUT2D eigenvalue weighted by Gasteiger charge is -2.28. The van der Waals surface area contributed by atoms with Crippen LogP contribution in [-0.2, 0) is 11.2 Å². The second-order valence-corrected chi connectivity index (χ2v) is 10.2. The van der Waals surface area contributed by atoms with Crippen molar-refractivity contribution in [3.63, 3.8) is 0 Å². The molecule has 5 rings (SSSR count). The van der Waals surface area contributed by atoms with E-state index >= 15 is 0 Å². The van der Waals surface area contributed by atoms with Gasteiger partial charge in [0, 0.05) is 35.9 Å². The van der Waals surface area contributed by atoms with Crippen molar-refractivity contribution < 1.29 is 4.79 Å². The van der Waals surface area contributed by atoms with E-state index in [0.29, 0.717) is 5.11 Å². The Morgan fingerprint density at radius 1 is 1.05 bits per heavy atom. The van der Waals surface area contributed by atoms with Gasteiger partial charge in [-0.25, -0.2) is 0 Å². The lowest BCUT2D eigenvalue weighted by molar-refractivity contribution is -0.114. The van der Waals surface area contributed by atoms with Crippen molar-refractivity contribution in [2.45, 2.75) is 53.1 Å². The highest BCUT2D eigenvalue weighted by atomic mass is 32.1.